The number of ether oxygens (including phenoxy) is 1. The second kappa shape index (κ2) is 3.08. The average molecular weight is 138 g/mol. The molecule has 0 spiro atoms. The average Bonchev–Trinajstić information content (AvgIpc) is 1.94. The van der Waals surface area contributed by atoms with E-state index in [4.69, 9.17) is 10.5 Å². The van der Waals surface area contributed by atoms with E-state index < -0.39 is 0 Å². The van der Waals surface area contributed by atoms with Crippen molar-refractivity contribution in [3.05, 3.63) is 24.3 Å². The standard InChI is InChI=1S/C7H8NO2/c8-5-10-7-4-2-1-3-6(7)9/h1-4H,5,8H2. The molecule has 2 N–H and O–H groups in total. The molecule has 10 heavy (non-hydrogen) atoms. The second-order valence-corrected chi connectivity index (χ2v) is 1.76. The topological polar surface area (TPSA) is 55.1 Å². The van der Waals surface area contributed by atoms with E-state index in [-0.39, 0.29) is 12.5 Å². The van der Waals surface area contributed by atoms with Crippen molar-refractivity contribution in [2.75, 3.05) is 6.73 Å². The molecule has 0 unspecified atom stereocenters. The molecule has 0 aliphatic heterocycles. The van der Waals surface area contributed by atoms with Gasteiger partial charge in [-0.3, -0.25) is 10.8 Å². The van der Waals surface area contributed by atoms with Crippen molar-refractivity contribution in [2.24, 2.45) is 5.73 Å². The van der Waals surface area contributed by atoms with Gasteiger partial charge < -0.3 is 4.74 Å². The third-order valence-electron chi connectivity index (χ3n) is 1.09. The fraction of sp³-hybridized carbons (Fsp3) is 0.143. The van der Waals surface area contributed by atoms with Gasteiger partial charge in [0.2, 0.25) is 5.75 Å². The Balaban J connectivity index is 2.81. The second-order valence-electron chi connectivity index (χ2n) is 1.76. The van der Waals surface area contributed by atoms with Gasteiger partial charge in [0.1, 0.15) is 6.73 Å². The lowest BCUT2D eigenvalue weighted by Crippen LogP contribution is -2.06. The molecular weight excluding hydrogens is 130 g/mol. The summed E-state index contributed by atoms with van der Waals surface area (Å²) in [6.07, 6.45) is 0. The van der Waals surface area contributed by atoms with Crippen LogP contribution in [0.2, 0.25) is 0 Å². The highest BCUT2D eigenvalue weighted by Gasteiger charge is 1.98. The van der Waals surface area contributed by atoms with Gasteiger partial charge >= 0.3 is 0 Å². The minimum Gasteiger partial charge on any atom is -0.475 e. The zero-order chi connectivity index (χ0) is 7.40. The minimum absolute atomic E-state index is 0.0409. The Labute approximate surface area is 59.0 Å². The quantitative estimate of drug-likeness (QED) is 0.622. The maximum Gasteiger partial charge on any atom is 0.220 e. The Morgan fingerprint density at radius 3 is 2.70 bits per heavy atom. The zero-order valence-electron chi connectivity index (χ0n) is 5.41. The number of benzene rings is 1. The molecule has 0 atom stereocenters. The normalized spacial score (nSPS) is 9.30. The van der Waals surface area contributed by atoms with E-state index in [1.165, 1.54) is 6.07 Å². The fourth-order valence-corrected chi connectivity index (χ4v) is 0.659. The minimum atomic E-state index is -0.132. The number of rotatable bonds is 2. The van der Waals surface area contributed by atoms with E-state index in [0.29, 0.717) is 5.75 Å². The van der Waals surface area contributed by atoms with Crippen molar-refractivity contribution >= 4 is 0 Å². The van der Waals surface area contributed by atoms with Gasteiger partial charge in [0.05, 0.1) is 0 Å². The van der Waals surface area contributed by atoms with Gasteiger partial charge in [-0.1, -0.05) is 12.1 Å². The molecule has 3 nitrogen and oxygen atoms in total. The lowest BCUT2D eigenvalue weighted by Gasteiger charge is -2.00. The number of para-hydroxylation sites is 2. The molecule has 0 heterocycles. The smallest absolute Gasteiger partial charge is 0.220 e. The fourth-order valence-electron chi connectivity index (χ4n) is 0.659. The molecule has 1 rings (SSSR count). The summed E-state index contributed by atoms with van der Waals surface area (Å²) < 4.78 is 4.80. The van der Waals surface area contributed by atoms with Gasteiger partial charge in [-0.05, 0) is 12.1 Å². The summed E-state index contributed by atoms with van der Waals surface area (Å²) in [5.41, 5.74) is 5.07. The van der Waals surface area contributed by atoms with E-state index >= 15 is 0 Å². The summed E-state index contributed by atoms with van der Waals surface area (Å²) in [5, 5.41) is 10.8. The highest BCUT2D eigenvalue weighted by Crippen LogP contribution is 2.24. The molecule has 3 heteroatoms. The molecule has 0 fully saturated rings. The number of hydrogen-bond donors (Lipinski definition) is 1. The highest BCUT2D eigenvalue weighted by molar-refractivity contribution is 5.37. The lowest BCUT2D eigenvalue weighted by atomic mass is 10.3. The van der Waals surface area contributed by atoms with Gasteiger partial charge in [0.25, 0.3) is 0 Å². The SMILES string of the molecule is NCOc1ccccc1[O]. The van der Waals surface area contributed by atoms with Crippen molar-refractivity contribution in [3.8, 4) is 11.5 Å². The predicted molar refractivity (Wildman–Crippen MR) is 36.3 cm³/mol. The van der Waals surface area contributed by atoms with Gasteiger partial charge in [-0.15, -0.1) is 0 Å². The Kier molecular flexibility index (Phi) is 2.12. The molecule has 1 aromatic carbocycles. The third kappa shape index (κ3) is 1.39. The molecule has 0 saturated carbocycles. The van der Waals surface area contributed by atoms with E-state index in [2.05, 4.69) is 0 Å². The van der Waals surface area contributed by atoms with Crippen LogP contribution < -0.4 is 10.5 Å². The van der Waals surface area contributed by atoms with Crippen LogP contribution in [0.5, 0.6) is 11.5 Å². The number of nitrogens with two attached hydrogens (primary N) is 1. The molecule has 0 amide bonds. The van der Waals surface area contributed by atoms with Crippen molar-refractivity contribution in [1.82, 2.24) is 0 Å². The predicted octanol–water partition coefficient (Wildman–Crippen LogP) is 1.13. The summed E-state index contributed by atoms with van der Waals surface area (Å²) in [4.78, 5) is 0. The van der Waals surface area contributed by atoms with E-state index in [0.717, 1.165) is 0 Å². The number of hydrogen-bond acceptors (Lipinski definition) is 2. The van der Waals surface area contributed by atoms with Crippen LogP contribution in [-0.2, 0) is 5.11 Å². The Morgan fingerprint density at radius 1 is 1.40 bits per heavy atom. The van der Waals surface area contributed by atoms with E-state index in [9.17, 15) is 5.11 Å². The van der Waals surface area contributed by atoms with E-state index in [1.807, 2.05) is 0 Å². The molecule has 1 radical (unpaired) electrons. The maximum atomic E-state index is 10.8. The lowest BCUT2D eigenvalue weighted by molar-refractivity contribution is 0.282. The Hall–Kier alpha value is -1.22. The molecule has 0 bridgehead atoms. The van der Waals surface area contributed by atoms with Crippen LogP contribution >= 0.6 is 0 Å². The highest BCUT2D eigenvalue weighted by atomic mass is 16.5. The summed E-state index contributed by atoms with van der Waals surface area (Å²) in [7, 11) is 0. The first-order chi connectivity index (χ1) is 4.84. The van der Waals surface area contributed by atoms with Crippen LogP contribution in [0.3, 0.4) is 0 Å². The first-order valence-electron chi connectivity index (χ1n) is 2.93. The molecular formula is C7H8NO2. The van der Waals surface area contributed by atoms with Crippen molar-refractivity contribution in [2.45, 2.75) is 0 Å². The summed E-state index contributed by atoms with van der Waals surface area (Å²) >= 11 is 0. The molecule has 0 aromatic heterocycles. The molecule has 1 aromatic rings. The largest absolute Gasteiger partial charge is 0.475 e. The van der Waals surface area contributed by atoms with Crippen LogP contribution in [-0.4, -0.2) is 6.73 Å². The molecule has 0 aliphatic rings. The van der Waals surface area contributed by atoms with Crippen LogP contribution in [0, 0.1) is 0 Å². The van der Waals surface area contributed by atoms with Gasteiger partial charge in [0, 0.05) is 0 Å². The van der Waals surface area contributed by atoms with Crippen LogP contribution in [0.15, 0.2) is 24.3 Å². The first kappa shape index (κ1) is 6.89. The van der Waals surface area contributed by atoms with Crippen molar-refractivity contribution in [1.29, 1.82) is 0 Å². The van der Waals surface area contributed by atoms with Crippen LogP contribution in [0.1, 0.15) is 0 Å². The molecule has 53 valence electrons. The zero-order valence-corrected chi connectivity index (χ0v) is 5.41. The third-order valence-corrected chi connectivity index (χ3v) is 1.09. The summed E-state index contributed by atoms with van der Waals surface area (Å²) in [6, 6.07) is 6.41. The van der Waals surface area contributed by atoms with Crippen LogP contribution in [0.25, 0.3) is 0 Å². The first-order valence-corrected chi connectivity index (χ1v) is 2.93. The van der Waals surface area contributed by atoms with E-state index in [1.54, 1.807) is 18.2 Å². The van der Waals surface area contributed by atoms with Gasteiger partial charge in [0.15, 0.2) is 5.75 Å². The molecule has 0 aliphatic carbocycles. The van der Waals surface area contributed by atoms with Crippen molar-refractivity contribution in [3.63, 3.8) is 0 Å². The Morgan fingerprint density at radius 2 is 2.10 bits per heavy atom. The van der Waals surface area contributed by atoms with Gasteiger partial charge in [-0.2, -0.15) is 0 Å². The molecule has 0 saturated heterocycles. The van der Waals surface area contributed by atoms with Crippen LogP contribution in [0.4, 0.5) is 0 Å². The Bertz CT molecular complexity index is 213. The van der Waals surface area contributed by atoms with Gasteiger partial charge in [-0.25, -0.2) is 0 Å². The summed E-state index contributed by atoms with van der Waals surface area (Å²) in [6.45, 7) is 0.0409. The monoisotopic (exact) mass is 138 g/mol. The summed E-state index contributed by atoms with van der Waals surface area (Å²) in [5.74, 6) is 0.179. The van der Waals surface area contributed by atoms with Crippen molar-refractivity contribution < 1.29 is 9.84 Å². The maximum absolute atomic E-state index is 10.8.